The molecule has 1 aromatic heterocycles. The maximum absolute atomic E-state index is 13.0. The van der Waals surface area contributed by atoms with E-state index in [2.05, 4.69) is 10.4 Å². The van der Waals surface area contributed by atoms with E-state index in [1.165, 1.54) is 24.3 Å². The van der Waals surface area contributed by atoms with Crippen molar-refractivity contribution in [3.8, 4) is 0 Å². The third-order valence-corrected chi connectivity index (χ3v) is 4.46. The van der Waals surface area contributed by atoms with Gasteiger partial charge in [-0.3, -0.25) is 9.48 Å². The Hall–Kier alpha value is -2.70. The van der Waals surface area contributed by atoms with Gasteiger partial charge in [0.25, 0.3) is 0 Å². The number of Topliss-reactive ketones (excluding diaryl/α,β-unsaturated/α-hetero) is 1. The standard InChI is InChI=1S/C18H21FN4O2/c19-16-4-2-14(3-5-16)17(24)15-6-11-22(12-7-15)18(25)20-9-13-23-10-1-8-21-23/h1-5,8,10,15H,6-7,9,11-13H2,(H,20,25). The molecule has 0 radical (unpaired) electrons. The second-order valence-electron chi connectivity index (χ2n) is 6.13. The SMILES string of the molecule is O=C(c1ccc(F)cc1)C1CCN(C(=O)NCCn2cccn2)CC1. The third-order valence-electron chi connectivity index (χ3n) is 4.46. The molecule has 2 heterocycles. The van der Waals surface area contributed by atoms with Crippen molar-refractivity contribution in [1.82, 2.24) is 20.0 Å². The van der Waals surface area contributed by atoms with Crippen LogP contribution in [-0.4, -0.2) is 46.1 Å². The molecule has 25 heavy (non-hydrogen) atoms. The lowest BCUT2D eigenvalue weighted by Gasteiger charge is -2.31. The zero-order valence-electron chi connectivity index (χ0n) is 13.9. The zero-order chi connectivity index (χ0) is 17.6. The van der Waals surface area contributed by atoms with E-state index in [0.717, 1.165) is 0 Å². The predicted molar refractivity (Wildman–Crippen MR) is 90.7 cm³/mol. The lowest BCUT2D eigenvalue weighted by Crippen LogP contribution is -2.46. The van der Waals surface area contributed by atoms with Crippen molar-refractivity contribution >= 4 is 11.8 Å². The minimum absolute atomic E-state index is 0.0266. The fourth-order valence-corrected chi connectivity index (χ4v) is 3.02. The van der Waals surface area contributed by atoms with Crippen LogP contribution in [0, 0.1) is 11.7 Å². The average Bonchev–Trinajstić information content (AvgIpc) is 3.15. The molecule has 0 atom stereocenters. The van der Waals surface area contributed by atoms with Gasteiger partial charge in [-0.05, 0) is 43.2 Å². The molecule has 1 fully saturated rings. The number of hydrogen-bond donors (Lipinski definition) is 1. The number of aromatic nitrogens is 2. The molecule has 1 aliphatic heterocycles. The van der Waals surface area contributed by atoms with Crippen LogP contribution in [0.2, 0.25) is 0 Å². The van der Waals surface area contributed by atoms with Gasteiger partial charge in [-0.2, -0.15) is 5.10 Å². The van der Waals surface area contributed by atoms with Crippen molar-refractivity contribution in [2.24, 2.45) is 5.92 Å². The number of ketones is 1. The quantitative estimate of drug-likeness (QED) is 0.847. The van der Waals surface area contributed by atoms with E-state index in [1.54, 1.807) is 15.8 Å². The van der Waals surface area contributed by atoms with Gasteiger partial charge in [0.2, 0.25) is 0 Å². The monoisotopic (exact) mass is 344 g/mol. The molecule has 1 saturated heterocycles. The summed E-state index contributed by atoms with van der Waals surface area (Å²) >= 11 is 0. The molecule has 6 nitrogen and oxygen atoms in total. The van der Waals surface area contributed by atoms with Crippen molar-refractivity contribution in [3.63, 3.8) is 0 Å². The minimum Gasteiger partial charge on any atom is -0.336 e. The summed E-state index contributed by atoms with van der Waals surface area (Å²) < 4.78 is 14.7. The summed E-state index contributed by atoms with van der Waals surface area (Å²) in [4.78, 5) is 26.3. The van der Waals surface area contributed by atoms with E-state index in [9.17, 15) is 14.0 Å². The maximum Gasteiger partial charge on any atom is 0.317 e. The van der Waals surface area contributed by atoms with Crippen LogP contribution in [-0.2, 0) is 6.54 Å². The molecular formula is C18H21FN4O2. The third kappa shape index (κ3) is 4.43. The molecule has 0 saturated carbocycles. The predicted octanol–water partition coefficient (Wildman–Crippen LogP) is 2.33. The Balaban J connectivity index is 1.43. The molecule has 0 spiro atoms. The molecule has 1 aliphatic rings. The highest BCUT2D eigenvalue weighted by atomic mass is 19.1. The summed E-state index contributed by atoms with van der Waals surface area (Å²) in [6, 6.07) is 7.37. The Morgan fingerprint density at radius 1 is 1.20 bits per heavy atom. The molecule has 7 heteroatoms. The first kappa shape index (κ1) is 17.1. The van der Waals surface area contributed by atoms with Gasteiger partial charge in [0.15, 0.2) is 5.78 Å². The van der Waals surface area contributed by atoms with E-state index in [0.29, 0.717) is 44.6 Å². The Morgan fingerprint density at radius 2 is 1.92 bits per heavy atom. The molecule has 2 amide bonds. The second-order valence-corrected chi connectivity index (χ2v) is 6.13. The number of rotatable bonds is 5. The van der Waals surface area contributed by atoms with E-state index in [1.807, 2.05) is 12.3 Å². The number of likely N-dealkylation sites (tertiary alicyclic amines) is 1. The average molecular weight is 344 g/mol. The van der Waals surface area contributed by atoms with Gasteiger partial charge in [-0.25, -0.2) is 9.18 Å². The van der Waals surface area contributed by atoms with Crippen LogP contribution < -0.4 is 5.32 Å². The van der Waals surface area contributed by atoms with E-state index in [4.69, 9.17) is 0 Å². The lowest BCUT2D eigenvalue weighted by atomic mass is 9.89. The number of halogens is 1. The summed E-state index contributed by atoms with van der Waals surface area (Å²) in [5.41, 5.74) is 0.531. The van der Waals surface area contributed by atoms with Gasteiger partial charge in [0.05, 0.1) is 6.54 Å². The van der Waals surface area contributed by atoms with Gasteiger partial charge in [0.1, 0.15) is 5.82 Å². The summed E-state index contributed by atoms with van der Waals surface area (Å²) in [6.07, 6.45) is 4.80. The summed E-state index contributed by atoms with van der Waals surface area (Å²) in [7, 11) is 0. The summed E-state index contributed by atoms with van der Waals surface area (Å²) in [5, 5.41) is 6.95. The molecular weight excluding hydrogens is 323 g/mol. The fraction of sp³-hybridized carbons (Fsp3) is 0.389. The lowest BCUT2D eigenvalue weighted by molar-refractivity contribution is 0.0854. The van der Waals surface area contributed by atoms with E-state index < -0.39 is 0 Å². The largest absolute Gasteiger partial charge is 0.336 e. The number of benzene rings is 1. The van der Waals surface area contributed by atoms with Gasteiger partial charge < -0.3 is 10.2 Å². The Labute approximate surface area is 145 Å². The zero-order valence-corrected chi connectivity index (χ0v) is 13.9. The van der Waals surface area contributed by atoms with E-state index in [-0.39, 0.29) is 23.5 Å². The van der Waals surface area contributed by atoms with Crippen molar-refractivity contribution in [2.45, 2.75) is 19.4 Å². The van der Waals surface area contributed by atoms with Crippen LogP contribution in [0.15, 0.2) is 42.7 Å². The highest BCUT2D eigenvalue weighted by molar-refractivity contribution is 5.98. The van der Waals surface area contributed by atoms with Gasteiger partial charge in [-0.15, -0.1) is 0 Å². The highest BCUT2D eigenvalue weighted by Gasteiger charge is 2.27. The maximum atomic E-state index is 13.0. The van der Waals surface area contributed by atoms with Gasteiger partial charge in [0, 0.05) is 43.5 Å². The van der Waals surface area contributed by atoms with Crippen LogP contribution >= 0.6 is 0 Å². The van der Waals surface area contributed by atoms with Crippen LogP contribution in [0.1, 0.15) is 23.2 Å². The molecule has 0 unspecified atom stereocenters. The van der Waals surface area contributed by atoms with Crippen LogP contribution in [0.25, 0.3) is 0 Å². The van der Waals surface area contributed by atoms with Crippen LogP contribution in [0.3, 0.4) is 0 Å². The summed E-state index contributed by atoms with van der Waals surface area (Å²) in [5.74, 6) is -0.435. The Bertz CT molecular complexity index is 707. The highest BCUT2D eigenvalue weighted by Crippen LogP contribution is 2.22. The first-order valence-electron chi connectivity index (χ1n) is 8.43. The van der Waals surface area contributed by atoms with Gasteiger partial charge >= 0.3 is 6.03 Å². The Morgan fingerprint density at radius 3 is 2.56 bits per heavy atom. The second kappa shape index (κ2) is 7.92. The summed E-state index contributed by atoms with van der Waals surface area (Å²) in [6.45, 7) is 2.23. The first-order valence-corrected chi connectivity index (χ1v) is 8.43. The number of piperidine rings is 1. The van der Waals surface area contributed by atoms with Gasteiger partial charge in [-0.1, -0.05) is 0 Å². The molecule has 1 aromatic carbocycles. The van der Waals surface area contributed by atoms with Crippen molar-refractivity contribution < 1.29 is 14.0 Å². The number of amides is 2. The topological polar surface area (TPSA) is 67.2 Å². The fourth-order valence-electron chi connectivity index (χ4n) is 3.02. The van der Waals surface area contributed by atoms with Crippen molar-refractivity contribution in [3.05, 3.63) is 54.1 Å². The van der Waals surface area contributed by atoms with Crippen molar-refractivity contribution in [2.75, 3.05) is 19.6 Å². The number of hydrogen-bond acceptors (Lipinski definition) is 3. The number of carbonyl (C=O) groups excluding carboxylic acids is 2. The molecule has 3 rings (SSSR count). The molecule has 2 aromatic rings. The van der Waals surface area contributed by atoms with E-state index >= 15 is 0 Å². The smallest absolute Gasteiger partial charge is 0.317 e. The molecule has 0 bridgehead atoms. The number of carbonyl (C=O) groups is 2. The molecule has 1 N–H and O–H groups in total. The number of nitrogens with one attached hydrogen (secondary N) is 1. The minimum atomic E-state index is -0.349. The number of urea groups is 1. The van der Waals surface area contributed by atoms with Crippen LogP contribution in [0.5, 0.6) is 0 Å². The Kier molecular flexibility index (Phi) is 5.42. The normalized spacial score (nSPS) is 15.2. The molecule has 0 aliphatic carbocycles. The van der Waals surface area contributed by atoms with Crippen molar-refractivity contribution in [1.29, 1.82) is 0 Å². The van der Waals surface area contributed by atoms with Crippen LogP contribution in [0.4, 0.5) is 9.18 Å². The first-order chi connectivity index (χ1) is 12.1. The number of nitrogens with zero attached hydrogens (tertiary/aromatic N) is 3. The molecule has 132 valence electrons.